The Kier molecular flexibility index (Phi) is 5.99. The number of urea groups is 1. The molecule has 2 aliphatic heterocycles. The van der Waals surface area contributed by atoms with Crippen molar-refractivity contribution in [2.75, 3.05) is 22.9 Å². The first-order valence-electron chi connectivity index (χ1n) is 11.4. The van der Waals surface area contributed by atoms with E-state index in [-0.39, 0.29) is 18.3 Å². The lowest BCUT2D eigenvalue weighted by Gasteiger charge is -2.34. The van der Waals surface area contributed by atoms with Gasteiger partial charge in [-0.15, -0.1) is 0 Å². The molecule has 0 unspecified atom stereocenters. The number of nitrogens with zero attached hydrogens (tertiary/aromatic N) is 4. The van der Waals surface area contributed by atoms with Crippen molar-refractivity contribution in [2.45, 2.75) is 26.3 Å². The highest BCUT2D eigenvalue weighted by Gasteiger charge is 2.35. The number of piperidine rings is 1. The molecule has 2 amide bonds. The molecular formula is C25H22F3N5O3. The molecule has 2 N–H and O–H groups in total. The Balaban J connectivity index is 1.70. The molecule has 1 fully saturated rings. The van der Waals surface area contributed by atoms with Gasteiger partial charge in [-0.05, 0) is 55.7 Å². The van der Waals surface area contributed by atoms with Crippen LogP contribution >= 0.6 is 0 Å². The fraction of sp³-hybridized carbons (Fsp3) is 0.280. The van der Waals surface area contributed by atoms with Gasteiger partial charge in [-0.3, -0.25) is 4.79 Å². The van der Waals surface area contributed by atoms with Crippen LogP contribution in [0.3, 0.4) is 0 Å². The lowest BCUT2D eigenvalue weighted by atomic mass is 9.97. The zero-order chi connectivity index (χ0) is 25.6. The standard InChI is InChI=1S/C25H22F3N5O3/c1-13-11-15(26)5-6-16(13)20-17-12-29-25(36)33(21-18(27)3-2-4-19(21)28)22(17)31-24(30-20)32-9-7-14(8-10-32)23(34)35/h2-6,11,14H,7-10,12H2,1H3,(H,29,36)(H,34,35). The quantitative estimate of drug-likeness (QED) is 0.550. The van der Waals surface area contributed by atoms with E-state index in [9.17, 15) is 27.9 Å². The number of hydrogen-bond acceptors (Lipinski definition) is 5. The Morgan fingerprint density at radius 2 is 1.78 bits per heavy atom. The smallest absolute Gasteiger partial charge is 0.328 e. The van der Waals surface area contributed by atoms with E-state index < -0.39 is 41.1 Å². The van der Waals surface area contributed by atoms with Gasteiger partial charge in [0.15, 0.2) is 5.82 Å². The Labute approximate surface area is 204 Å². The molecular weight excluding hydrogens is 475 g/mol. The van der Waals surface area contributed by atoms with E-state index in [0.29, 0.717) is 48.3 Å². The van der Waals surface area contributed by atoms with Crippen LogP contribution in [-0.4, -0.2) is 40.2 Å². The highest BCUT2D eigenvalue weighted by Crippen LogP contribution is 2.40. The predicted molar refractivity (Wildman–Crippen MR) is 125 cm³/mol. The number of anilines is 3. The van der Waals surface area contributed by atoms with Gasteiger partial charge in [0.25, 0.3) is 0 Å². The number of rotatable bonds is 4. The molecule has 2 aromatic carbocycles. The summed E-state index contributed by atoms with van der Waals surface area (Å²) in [7, 11) is 0. The summed E-state index contributed by atoms with van der Waals surface area (Å²) in [5.41, 5.74) is 1.37. The summed E-state index contributed by atoms with van der Waals surface area (Å²) < 4.78 is 43.5. The molecule has 0 saturated carbocycles. The number of halogens is 3. The molecule has 5 rings (SSSR count). The van der Waals surface area contributed by atoms with Crippen LogP contribution in [0.15, 0.2) is 36.4 Å². The number of amides is 2. The van der Waals surface area contributed by atoms with Crippen LogP contribution in [0.2, 0.25) is 0 Å². The molecule has 2 aliphatic rings. The van der Waals surface area contributed by atoms with E-state index in [0.717, 1.165) is 17.0 Å². The predicted octanol–water partition coefficient (Wildman–Crippen LogP) is 4.53. The zero-order valence-corrected chi connectivity index (χ0v) is 19.3. The van der Waals surface area contributed by atoms with Crippen LogP contribution in [0.1, 0.15) is 24.0 Å². The van der Waals surface area contributed by atoms with E-state index >= 15 is 0 Å². The summed E-state index contributed by atoms with van der Waals surface area (Å²) in [6, 6.07) is 6.71. The van der Waals surface area contributed by atoms with Crippen molar-refractivity contribution >= 4 is 29.5 Å². The first kappa shape index (κ1) is 23.6. The normalized spacial score (nSPS) is 16.1. The number of fused-ring (bicyclic) bond motifs is 1. The number of carboxylic acid groups (broad SMARTS) is 1. The van der Waals surface area contributed by atoms with E-state index in [1.54, 1.807) is 17.9 Å². The lowest BCUT2D eigenvalue weighted by molar-refractivity contribution is -0.142. The number of aliphatic carboxylic acids is 1. The van der Waals surface area contributed by atoms with Crippen LogP contribution < -0.4 is 15.1 Å². The summed E-state index contributed by atoms with van der Waals surface area (Å²) in [6.07, 6.45) is 0.736. The van der Waals surface area contributed by atoms with Crippen LogP contribution in [0.5, 0.6) is 0 Å². The molecule has 1 aromatic heterocycles. The minimum Gasteiger partial charge on any atom is -0.481 e. The monoisotopic (exact) mass is 497 g/mol. The second kappa shape index (κ2) is 9.14. The topological polar surface area (TPSA) is 98.7 Å². The van der Waals surface area contributed by atoms with Crippen molar-refractivity contribution < 1.29 is 27.9 Å². The molecule has 3 heterocycles. The largest absolute Gasteiger partial charge is 0.481 e. The molecule has 0 aliphatic carbocycles. The highest BCUT2D eigenvalue weighted by atomic mass is 19.1. The van der Waals surface area contributed by atoms with Crippen molar-refractivity contribution in [2.24, 2.45) is 5.92 Å². The number of para-hydroxylation sites is 1. The fourth-order valence-electron chi connectivity index (χ4n) is 4.64. The Hall–Kier alpha value is -4.15. The van der Waals surface area contributed by atoms with E-state index in [1.807, 2.05) is 0 Å². The van der Waals surface area contributed by atoms with Gasteiger partial charge in [-0.1, -0.05) is 6.07 Å². The summed E-state index contributed by atoms with van der Waals surface area (Å²) in [6.45, 7) is 2.39. The van der Waals surface area contributed by atoms with Crippen molar-refractivity contribution in [1.29, 1.82) is 0 Å². The van der Waals surface area contributed by atoms with Crippen LogP contribution in [0, 0.1) is 30.3 Å². The van der Waals surface area contributed by atoms with Crippen LogP contribution in [-0.2, 0) is 11.3 Å². The average Bonchev–Trinajstić information content (AvgIpc) is 2.84. The number of hydrogen-bond donors (Lipinski definition) is 2. The van der Waals surface area contributed by atoms with Gasteiger partial charge in [0.1, 0.15) is 23.1 Å². The molecule has 11 heteroatoms. The number of aryl methyl sites for hydroxylation is 1. The third-order valence-electron chi connectivity index (χ3n) is 6.54. The summed E-state index contributed by atoms with van der Waals surface area (Å²) in [4.78, 5) is 36.2. The van der Waals surface area contributed by atoms with Crippen LogP contribution in [0.25, 0.3) is 11.3 Å². The number of benzene rings is 2. The Bertz CT molecular complexity index is 1360. The van der Waals surface area contributed by atoms with Crippen molar-refractivity contribution in [1.82, 2.24) is 15.3 Å². The third kappa shape index (κ3) is 4.10. The minimum absolute atomic E-state index is 0.00570. The van der Waals surface area contributed by atoms with Gasteiger partial charge in [0.05, 0.1) is 18.2 Å². The first-order valence-corrected chi connectivity index (χ1v) is 11.4. The maximum atomic E-state index is 14.8. The first-order chi connectivity index (χ1) is 17.2. The maximum absolute atomic E-state index is 14.8. The van der Waals surface area contributed by atoms with E-state index in [2.05, 4.69) is 10.3 Å². The number of carbonyl (C=O) groups excluding carboxylic acids is 1. The molecule has 8 nitrogen and oxygen atoms in total. The molecule has 0 atom stereocenters. The van der Waals surface area contributed by atoms with E-state index in [1.165, 1.54) is 18.2 Å². The van der Waals surface area contributed by atoms with Crippen molar-refractivity contribution in [3.63, 3.8) is 0 Å². The van der Waals surface area contributed by atoms with Gasteiger partial charge >= 0.3 is 12.0 Å². The average molecular weight is 497 g/mol. The molecule has 186 valence electrons. The Morgan fingerprint density at radius 3 is 2.42 bits per heavy atom. The molecule has 3 aromatic rings. The van der Waals surface area contributed by atoms with Crippen molar-refractivity contribution in [3.05, 3.63) is 65.0 Å². The number of aromatic nitrogens is 2. The zero-order valence-electron chi connectivity index (χ0n) is 19.3. The third-order valence-corrected chi connectivity index (χ3v) is 6.54. The van der Waals surface area contributed by atoms with Gasteiger partial charge < -0.3 is 15.3 Å². The number of carbonyl (C=O) groups is 2. The molecule has 0 radical (unpaired) electrons. The molecule has 0 bridgehead atoms. The van der Waals surface area contributed by atoms with Gasteiger partial charge in [0.2, 0.25) is 5.95 Å². The highest BCUT2D eigenvalue weighted by molar-refractivity contribution is 6.02. The summed E-state index contributed by atoms with van der Waals surface area (Å²) in [5, 5.41) is 12.0. The minimum atomic E-state index is -0.944. The van der Waals surface area contributed by atoms with E-state index in [4.69, 9.17) is 4.98 Å². The summed E-state index contributed by atoms with van der Waals surface area (Å²) >= 11 is 0. The van der Waals surface area contributed by atoms with Crippen LogP contribution in [0.4, 0.5) is 35.4 Å². The molecule has 0 spiro atoms. The second-order valence-corrected chi connectivity index (χ2v) is 8.80. The maximum Gasteiger partial charge on any atom is 0.328 e. The SMILES string of the molecule is Cc1cc(F)ccc1-c1nc(N2CCC(C(=O)O)CC2)nc2c1CNC(=O)N2c1c(F)cccc1F. The number of carboxylic acids is 1. The second-order valence-electron chi connectivity index (χ2n) is 8.80. The summed E-state index contributed by atoms with van der Waals surface area (Å²) in [5.74, 6) is -3.49. The lowest BCUT2D eigenvalue weighted by Crippen LogP contribution is -2.44. The van der Waals surface area contributed by atoms with Gasteiger partial charge in [-0.25, -0.2) is 27.8 Å². The molecule has 1 saturated heterocycles. The van der Waals surface area contributed by atoms with Crippen molar-refractivity contribution in [3.8, 4) is 11.3 Å². The van der Waals surface area contributed by atoms with Gasteiger partial charge in [0, 0.05) is 24.2 Å². The molecule has 36 heavy (non-hydrogen) atoms. The van der Waals surface area contributed by atoms with Gasteiger partial charge in [-0.2, -0.15) is 4.98 Å². The fourth-order valence-corrected chi connectivity index (χ4v) is 4.64. The Morgan fingerprint density at radius 1 is 1.08 bits per heavy atom. The number of nitrogens with one attached hydrogen (secondary N) is 1.